The maximum Gasteiger partial charge on any atom is 0.0460 e. The Morgan fingerprint density at radius 3 is 2.62 bits per heavy atom. The number of nitrogens with one attached hydrogen (secondary N) is 1. The second-order valence-corrected chi connectivity index (χ2v) is 5.20. The Balaban J connectivity index is 1.71. The van der Waals surface area contributed by atoms with Crippen molar-refractivity contribution in [1.29, 1.82) is 0 Å². The first kappa shape index (κ1) is 13.4. The topological polar surface area (TPSA) is 28.7 Å². The van der Waals surface area contributed by atoms with Crippen LogP contribution in [-0.2, 0) is 0 Å². The number of nitrogens with zero attached hydrogens (tertiary/aromatic N) is 1. The summed E-state index contributed by atoms with van der Waals surface area (Å²) in [4.78, 5) is 7.43. The van der Waals surface area contributed by atoms with Gasteiger partial charge in [0.15, 0.2) is 0 Å². The molecule has 0 unspecified atom stereocenters. The summed E-state index contributed by atoms with van der Waals surface area (Å²) < 4.78 is 0. The average Bonchev–Trinajstić information content (AvgIpc) is 2.97. The summed E-state index contributed by atoms with van der Waals surface area (Å²) >= 11 is 0. The fourth-order valence-electron chi connectivity index (χ4n) is 2.52. The Kier molecular flexibility index (Phi) is 3.69. The zero-order valence-electron chi connectivity index (χ0n) is 12.0. The van der Waals surface area contributed by atoms with Gasteiger partial charge in [-0.2, -0.15) is 0 Å². The number of para-hydroxylation sites is 1. The van der Waals surface area contributed by atoms with Gasteiger partial charge in [-0.25, -0.2) is 0 Å². The molecule has 0 atom stereocenters. The van der Waals surface area contributed by atoms with Crippen LogP contribution in [-0.4, -0.2) is 9.97 Å². The molecular weight excluding hydrogens is 256 g/mol. The normalized spacial score (nSPS) is 10.7. The van der Waals surface area contributed by atoms with Gasteiger partial charge in [0.1, 0.15) is 0 Å². The van der Waals surface area contributed by atoms with Gasteiger partial charge in [0.2, 0.25) is 0 Å². The summed E-state index contributed by atoms with van der Waals surface area (Å²) in [5.74, 6) is 0. The number of H-pyrrole nitrogens is 1. The molecule has 3 aromatic rings. The number of benzene rings is 1. The molecule has 1 aromatic carbocycles. The van der Waals surface area contributed by atoms with Crippen molar-refractivity contribution in [2.45, 2.75) is 12.8 Å². The molecular formula is C19H18N2. The van der Waals surface area contributed by atoms with Gasteiger partial charge in [0.05, 0.1) is 0 Å². The van der Waals surface area contributed by atoms with Gasteiger partial charge in [-0.15, -0.1) is 0 Å². The van der Waals surface area contributed by atoms with E-state index >= 15 is 0 Å². The first-order valence-corrected chi connectivity index (χ1v) is 7.08. The van der Waals surface area contributed by atoms with E-state index in [9.17, 15) is 0 Å². The molecule has 0 aliphatic rings. The second kappa shape index (κ2) is 5.80. The predicted molar refractivity (Wildman–Crippen MR) is 89.8 cm³/mol. The molecule has 0 fully saturated rings. The van der Waals surface area contributed by atoms with Crippen molar-refractivity contribution in [1.82, 2.24) is 9.97 Å². The van der Waals surface area contributed by atoms with Crippen LogP contribution < -0.4 is 0 Å². The lowest BCUT2D eigenvalue weighted by Gasteiger charge is -2.07. The van der Waals surface area contributed by atoms with Gasteiger partial charge >= 0.3 is 0 Å². The van der Waals surface area contributed by atoms with Gasteiger partial charge in [-0.3, -0.25) is 4.98 Å². The highest BCUT2D eigenvalue weighted by Gasteiger charge is 2.07. The smallest absolute Gasteiger partial charge is 0.0460 e. The Hall–Kier alpha value is -2.61. The lowest BCUT2D eigenvalue weighted by molar-refractivity contribution is 1.09. The largest absolute Gasteiger partial charge is 0.361 e. The van der Waals surface area contributed by atoms with Crippen LogP contribution in [0.25, 0.3) is 22.0 Å². The number of fused-ring (bicyclic) bond motifs is 1. The molecule has 0 aliphatic heterocycles. The maximum atomic E-state index is 4.24. The summed E-state index contributed by atoms with van der Waals surface area (Å²) in [5.41, 5.74) is 5.69. The minimum absolute atomic E-state index is 0.893. The van der Waals surface area contributed by atoms with Crippen LogP contribution in [0.5, 0.6) is 0 Å². The summed E-state index contributed by atoms with van der Waals surface area (Å²) in [7, 11) is 0. The molecule has 0 aliphatic carbocycles. The fraction of sp³-hybridized carbons (Fsp3) is 0.105. The van der Waals surface area contributed by atoms with E-state index in [0.29, 0.717) is 0 Å². The van der Waals surface area contributed by atoms with Gasteiger partial charge in [-0.05, 0) is 41.7 Å². The third-order valence-electron chi connectivity index (χ3n) is 3.77. The third-order valence-corrected chi connectivity index (χ3v) is 3.77. The van der Waals surface area contributed by atoms with E-state index in [1.165, 1.54) is 10.9 Å². The first-order valence-electron chi connectivity index (χ1n) is 7.08. The third kappa shape index (κ3) is 2.79. The Bertz CT molecular complexity index is 781. The zero-order chi connectivity index (χ0) is 14.7. The molecule has 1 N–H and O–H groups in total. The number of aromatic amines is 1. The molecule has 104 valence electrons. The van der Waals surface area contributed by atoms with Gasteiger partial charge in [0, 0.05) is 35.1 Å². The van der Waals surface area contributed by atoms with Crippen LogP contribution in [0.2, 0.25) is 0 Å². The van der Waals surface area contributed by atoms with Crippen molar-refractivity contribution in [2.75, 3.05) is 0 Å². The quantitative estimate of drug-likeness (QED) is 0.691. The summed E-state index contributed by atoms with van der Waals surface area (Å²) in [6.07, 6.45) is 7.47. The van der Waals surface area contributed by atoms with E-state index in [1.54, 1.807) is 6.20 Å². The molecule has 0 saturated carbocycles. The lowest BCUT2D eigenvalue weighted by atomic mass is 9.97. The lowest BCUT2D eigenvalue weighted by Crippen LogP contribution is -1.87. The average molecular weight is 274 g/mol. The van der Waals surface area contributed by atoms with Crippen LogP contribution in [0.15, 0.2) is 68.1 Å². The minimum Gasteiger partial charge on any atom is -0.361 e. The van der Waals surface area contributed by atoms with Crippen molar-refractivity contribution < 1.29 is 0 Å². The molecule has 0 spiro atoms. The van der Waals surface area contributed by atoms with Crippen molar-refractivity contribution in [3.63, 3.8) is 0 Å². The molecule has 2 heterocycles. The summed E-state index contributed by atoms with van der Waals surface area (Å²) in [5, 5.41) is 1.23. The molecule has 0 radical (unpaired) electrons. The highest BCUT2D eigenvalue weighted by Crippen LogP contribution is 2.29. The standard InChI is InChI=1S/C19H18N2/c1-14(16-6-5-11-20-12-16)9-10-15(2)18-13-21-19-8-4-3-7-17(18)19/h3-8,11-13,21H,1-2,9-10H2. The van der Waals surface area contributed by atoms with Crippen LogP contribution in [0.3, 0.4) is 0 Å². The van der Waals surface area contributed by atoms with Crippen molar-refractivity contribution in [3.05, 3.63) is 79.3 Å². The highest BCUT2D eigenvalue weighted by atomic mass is 14.7. The summed E-state index contributed by atoms with van der Waals surface area (Å²) in [6.45, 7) is 8.39. The fourth-order valence-corrected chi connectivity index (χ4v) is 2.52. The predicted octanol–water partition coefficient (Wildman–Crippen LogP) is 5.07. The van der Waals surface area contributed by atoms with E-state index in [2.05, 4.69) is 41.3 Å². The maximum absolute atomic E-state index is 4.24. The van der Waals surface area contributed by atoms with Crippen LogP contribution in [0.4, 0.5) is 0 Å². The highest BCUT2D eigenvalue weighted by molar-refractivity contribution is 5.92. The van der Waals surface area contributed by atoms with Gasteiger partial charge in [-0.1, -0.05) is 37.4 Å². The van der Waals surface area contributed by atoms with Crippen LogP contribution in [0.1, 0.15) is 24.0 Å². The second-order valence-electron chi connectivity index (χ2n) is 5.20. The molecule has 3 rings (SSSR count). The molecule has 0 bridgehead atoms. The SMILES string of the molecule is C=C(CCC(=C)c1c[nH]c2ccccc12)c1cccnc1. The Morgan fingerprint density at radius 2 is 1.81 bits per heavy atom. The molecule has 2 nitrogen and oxygen atoms in total. The molecule has 0 amide bonds. The van der Waals surface area contributed by atoms with E-state index < -0.39 is 0 Å². The minimum atomic E-state index is 0.893. The zero-order valence-corrected chi connectivity index (χ0v) is 12.0. The van der Waals surface area contributed by atoms with Crippen molar-refractivity contribution >= 4 is 22.0 Å². The molecule has 21 heavy (non-hydrogen) atoms. The molecule has 0 saturated heterocycles. The van der Waals surface area contributed by atoms with Crippen molar-refractivity contribution in [3.8, 4) is 0 Å². The number of rotatable bonds is 5. The number of pyridine rings is 1. The van der Waals surface area contributed by atoms with Crippen LogP contribution in [0, 0.1) is 0 Å². The Labute approximate surface area is 124 Å². The van der Waals surface area contributed by atoms with E-state index in [4.69, 9.17) is 0 Å². The van der Waals surface area contributed by atoms with E-state index in [-0.39, 0.29) is 0 Å². The van der Waals surface area contributed by atoms with Crippen molar-refractivity contribution in [2.24, 2.45) is 0 Å². The van der Waals surface area contributed by atoms with E-state index in [1.807, 2.05) is 30.6 Å². The molecule has 2 aromatic heterocycles. The number of hydrogen-bond acceptors (Lipinski definition) is 1. The number of aromatic nitrogens is 2. The monoisotopic (exact) mass is 274 g/mol. The molecule has 2 heteroatoms. The van der Waals surface area contributed by atoms with Gasteiger partial charge in [0.25, 0.3) is 0 Å². The van der Waals surface area contributed by atoms with Gasteiger partial charge < -0.3 is 4.98 Å². The van der Waals surface area contributed by atoms with Crippen LogP contribution >= 0.6 is 0 Å². The van der Waals surface area contributed by atoms with E-state index in [0.717, 1.165) is 35.1 Å². The number of hydrogen-bond donors (Lipinski definition) is 1. The number of allylic oxidation sites excluding steroid dienone is 2. The first-order chi connectivity index (χ1) is 10.3. The Morgan fingerprint density at radius 1 is 1.00 bits per heavy atom. The summed E-state index contributed by atoms with van der Waals surface area (Å²) in [6, 6.07) is 12.3.